The van der Waals surface area contributed by atoms with E-state index in [-0.39, 0.29) is 120 Å². The van der Waals surface area contributed by atoms with Crippen LogP contribution in [0.1, 0.15) is 37.0 Å². The largest absolute Gasteiger partial charge is 2.00 e. The second-order valence-electron chi connectivity index (χ2n) is 5.41. The van der Waals surface area contributed by atoms with E-state index in [2.05, 4.69) is 32.2 Å². The van der Waals surface area contributed by atoms with Crippen molar-refractivity contribution in [2.45, 2.75) is 52.4 Å². The number of hydrogen-bond acceptors (Lipinski definition) is 6. The Balaban J connectivity index is -0.000000147. The number of rotatable bonds is 10. The maximum atomic E-state index is 12.0. The molecule has 1 N–H and O–H groups in total. The molecule has 0 radical (unpaired) electrons. The van der Waals surface area contributed by atoms with Gasteiger partial charge in [-0.25, -0.2) is 0 Å². The van der Waals surface area contributed by atoms with Gasteiger partial charge in [-0.15, -0.1) is 0 Å². The van der Waals surface area contributed by atoms with E-state index >= 15 is 0 Å². The molecule has 0 spiro atoms. The Labute approximate surface area is 237 Å². The van der Waals surface area contributed by atoms with Crippen LogP contribution in [0.2, 0.25) is 0 Å². The predicted molar refractivity (Wildman–Crippen MR) is 106 cm³/mol. The summed E-state index contributed by atoms with van der Waals surface area (Å²) in [7, 11) is -6.97. The second-order valence-corrected chi connectivity index (χ2v) is 9.28. The van der Waals surface area contributed by atoms with E-state index in [1.807, 2.05) is 13.8 Å². The quantitative estimate of drug-likeness (QED) is 0.220. The Kier molecular flexibility index (Phi) is 27.8. The molecule has 146 valence electrons. The summed E-state index contributed by atoms with van der Waals surface area (Å²) in [6, 6.07) is 0. The topological polar surface area (TPSA) is 91.3 Å². The summed E-state index contributed by atoms with van der Waals surface area (Å²) in [5, 5.41) is 0. The van der Waals surface area contributed by atoms with Crippen LogP contribution in [0.4, 0.5) is 0 Å². The molecule has 0 bridgehead atoms. The summed E-state index contributed by atoms with van der Waals surface area (Å²) in [6.45, 7) is 17.2. The standard InChI is InChI=1S/C11H24O7P2.C3H8.2Ba.2H/c1-9(2)17-10(3)7-16-20(6,14)18-11(4)8-15-19(5,12)13;1-3-2;;;;/h9-11H,3-4,7-8H2,1-2,5-6H3,(H,12,13);3H2,1-2H3;;;;/q-2;;2*+2;2*-1/t10-,11-,20?;;;;;/m1...../s1. The third kappa shape index (κ3) is 29.7. The molecule has 0 aromatic rings. The molecule has 0 fully saturated rings. The van der Waals surface area contributed by atoms with Crippen molar-refractivity contribution >= 4 is 113 Å². The first kappa shape index (κ1) is 35.8. The van der Waals surface area contributed by atoms with Gasteiger partial charge < -0.3 is 39.9 Å². The van der Waals surface area contributed by atoms with Crippen LogP contribution in [0.5, 0.6) is 0 Å². The Morgan fingerprint density at radius 3 is 1.76 bits per heavy atom. The van der Waals surface area contributed by atoms with E-state index in [0.717, 1.165) is 6.66 Å². The summed E-state index contributed by atoms with van der Waals surface area (Å²) in [5.74, 6) is 0. The molecule has 0 rings (SSSR count). The van der Waals surface area contributed by atoms with Crippen molar-refractivity contribution in [3.8, 4) is 0 Å². The van der Waals surface area contributed by atoms with Crippen LogP contribution in [0, 0.1) is 13.8 Å². The molecule has 4 atom stereocenters. The second kappa shape index (κ2) is 19.4. The summed E-state index contributed by atoms with van der Waals surface area (Å²) >= 11 is 0. The molecule has 0 saturated heterocycles. The van der Waals surface area contributed by atoms with E-state index in [4.69, 9.17) is 18.7 Å². The van der Waals surface area contributed by atoms with Crippen LogP contribution in [0.3, 0.4) is 0 Å². The van der Waals surface area contributed by atoms with E-state index in [1.165, 1.54) is 13.1 Å². The van der Waals surface area contributed by atoms with Crippen molar-refractivity contribution < 1.29 is 35.2 Å². The van der Waals surface area contributed by atoms with Crippen molar-refractivity contribution in [3.63, 3.8) is 0 Å². The smallest absolute Gasteiger partial charge is 1.00 e. The van der Waals surface area contributed by atoms with Crippen molar-refractivity contribution in [1.82, 2.24) is 0 Å². The van der Waals surface area contributed by atoms with Gasteiger partial charge in [-0.1, -0.05) is 20.3 Å². The Morgan fingerprint density at radius 1 is 1.00 bits per heavy atom. The monoisotopic (exact) mass is 652 g/mol. The molecule has 0 saturated carbocycles. The molecule has 0 aliphatic carbocycles. The molecule has 0 aliphatic rings. The zero-order chi connectivity index (χ0) is 18.7. The third-order valence-corrected chi connectivity index (χ3v) is 3.73. The zero-order valence-corrected chi connectivity index (χ0v) is 27.1. The fraction of sp³-hybridized carbons (Fsp3) is 0.857. The maximum absolute atomic E-state index is 12.0. The first-order valence-electron chi connectivity index (χ1n) is 7.49. The molecule has 11 heteroatoms. The van der Waals surface area contributed by atoms with Gasteiger partial charge in [0.2, 0.25) is 0 Å². The summed E-state index contributed by atoms with van der Waals surface area (Å²) in [5.41, 5.74) is 0. The van der Waals surface area contributed by atoms with Gasteiger partial charge in [0.15, 0.2) is 0 Å². The summed E-state index contributed by atoms with van der Waals surface area (Å²) in [6.07, 6.45) is -0.129. The van der Waals surface area contributed by atoms with Gasteiger partial charge in [0.1, 0.15) is 0 Å². The SMILES string of the molecule is CCC.[Ba+2].[Ba+2].[CH2-][C@H](COP(C)(=O)O[C@H]([CH2-])COP(C)(=O)O)OC(C)C.[H-].[H-]. The van der Waals surface area contributed by atoms with Crippen LogP contribution >= 0.6 is 15.2 Å². The minimum Gasteiger partial charge on any atom is -1.00 e. The summed E-state index contributed by atoms with van der Waals surface area (Å²) in [4.78, 5) is 8.95. The van der Waals surface area contributed by atoms with E-state index < -0.39 is 27.4 Å². The minimum absolute atomic E-state index is 0. The average molecular weight is 651 g/mol. The fourth-order valence-corrected chi connectivity index (χ4v) is 2.74. The Morgan fingerprint density at radius 2 is 1.40 bits per heavy atom. The average Bonchev–Trinajstić information content (AvgIpc) is 2.33. The minimum atomic E-state index is -3.61. The van der Waals surface area contributed by atoms with Gasteiger partial charge in [0, 0.05) is 19.4 Å². The van der Waals surface area contributed by atoms with Crippen molar-refractivity contribution in [1.29, 1.82) is 0 Å². The van der Waals surface area contributed by atoms with Gasteiger partial charge in [-0.05, 0) is 26.1 Å². The first-order chi connectivity index (χ1) is 10.3. The van der Waals surface area contributed by atoms with Gasteiger partial charge in [-0.2, -0.15) is 0 Å². The summed E-state index contributed by atoms with van der Waals surface area (Å²) < 4.78 is 43.0. The van der Waals surface area contributed by atoms with Crippen molar-refractivity contribution in [2.75, 3.05) is 26.5 Å². The molecular formula is C14H34Ba2O7P2. The third-order valence-electron chi connectivity index (χ3n) is 1.80. The number of ether oxygens (including phenoxy) is 1. The van der Waals surface area contributed by atoms with E-state index in [0.29, 0.717) is 0 Å². The maximum Gasteiger partial charge on any atom is 2.00 e. The van der Waals surface area contributed by atoms with Gasteiger partial charge in [0.05, 0.1) is 13.2 Å². The molecule has 0 amide bonds. The van der Waals surface area contributed by atoms with Crippen LogP contribution in [-0.2, 0) is 27.4 Å². The molecule has 0 aliphatic heterocycles. The van der Waals surface area contributed by atoms with Gasteiger partial charge in [-0.3, -0.25) is 9.13 Å². The van der Waals surface area contributed by atoms with E-state index in [1.54, 1.807) is 0 Å². The van der Waals surface area contributed by atoms with Crippen LogP contribution in [0.25, 0.3) is 0 Å². The molecular weight excluding hydrogens is 617 g/mol. The zero-order valence-electron chi connectivity index (χ0n) is 18.5. The van der Waals surface area contributed by atoms with Crippen molar-refractivity contribution in [3.05, 3.63) is 13.8 Å². The molecule has 25 heavy (non-hydrogen) atoms. The van der Waals surface area contributed by atoms with Crippen LogP contribution in [0.15, 0.2) is 0 Å². The Hall–Kier alpha value is 3.40. The van der Waals surface area contributed by atoms with Gasteiger partial charge >= 0.3 is 113 Å². The Bertz CT molecular complexity index is 402. The van der Waals surface area contributed by atoms with E-state index in [9.17, 15) is 9.13 Å². The molecule has 0 aromatic carbocycles. The molecule has 0 heterocycles. The predicted octanol–water partition coefficient (Wildman–Crippen LogP) is 3.38. The van der Waals surface area contributed by atoms with Gasteiger partial charge in [0.25, 0.3) is 0 Å². The fourth-order valence-electron chi connectivity index (χ4n) is 1.20. The normalized spacial score (nSPS) is 17.7. The molecule has 0 aromatic heterocycles. The van der Waals surface area contributed by atoms with Crippen LogP contribution in [-0.4, -0.2) is 148 Å². The first-order valence-corrected chi connectivity index (χ1v) is 11.5. The number of hydrogen-bond donors (Lipinski definition) is 1. The van der Waals surface area contributed by atoms with Crippen LogP contribution < -0.4 is 0 Å². The molecule has 2 unspecified atom stereocenters. The van der Waals surface area contributed by atoms with Crippen molar-refractivity contribution in [2.24, 2.45) is 0 Å². The molecule has 7 nitrogen and oxygen atoms in total.